The van der Waals surface area contributed by atoms with Gasteiger partial charge in [0, 0.05) is 24.8 Å². The summed E-state index contributed by atoms with van der Waals surface area (Å²) in [6.07, 6.45) is 5.33. The molecule has 2 heterocycles. The highest BCUT2D eigenvalue weighted by Crippen LogP contribution is 2.37. The van der Waals surface area contributed by atoms with Gasteiger partial charge in [-0.25, -0.2) is 4.79 Å². The molecule has 1 saturated carbocycles. The fraction of sp³-hybridized carbons (Fsp3) is 0.609. The van der Waals surface area contributed by atoms with Gasteiger partial charge in [0.1, 0.15) is 12.1 Å². The summed E-state index contributed by atoms with van der Waals surface area (Å²) in [6.45, 7) is 5.31. The minimum absolute atomic E-state index is 0.213. The number of amides is 4. The van der Waals surface area contributed by atoms with Gasteiger partial charge in [-0.2, -0.15) is 0 Å². The van der Waals surface area contributed by atoms with E-state index in [4.69, 9.17) is 0 Å². The Labute approximate surface area is 178 Å². The number of carbonyl (C=O) groups excluding carboxylic acids is 3. The Morgan fingerprint density at radius 3 is 2.70 bits per heavy atom. The van der Waals surface area contributed by atoms with Crippen LogP contribution < -0.4 is 15.5 Å². The van der Waals surface area contributed by atoms with Crippen molar-refractivity contribution in [3.8, 4) is 0 Å². The van der Waals surface area contributed by atoms with E-state index in [1.165, 1.54) is 11.3 Å². The summed E-state index contributed by atoms with van der Waals surface area (Å²) < 4.78 is 0. The standard InChI is InChI=1S/C23H32N4O3/c1-3-17-8-10-23(11-9-17)21(29)27(22(30)25-23)15-20(28)24-12-13-26-16(2)14-18-6-4-5-7-19(18)26/h4-7,16-17H,3,8-15H2,1-2H3,(H,24,28)(H,25,30). The molecule has 1 aliphatic carbocycles. The second-order valence-electron chi connectivity index (χ2n) is 8.98. The Kier molecular flexibility index (Phi) is 5.71. The molecule has 2 aliphatic heterocycles. The van der Waals surface area contributed by atoms with Crippen LogP contribution in [-0.4, -0.2) is 54.0 Å². The van der Waals surface area contributed by atoms with Crippen molar-refractivity contribution in [3.05, 3.63) is 29.8 Å². The molecular weight excluding hydrogens is 380 g/mol. The summed E-state index contributed by atoms with van der Waals surface area (Å²) in [6, 6.07) is 8.29. The van der Waals surface area contributed by atoms with Gasteiger partial charge in [-0.3, -0.25) is 14.5 Å². The molecule has 3 aliphatic rings. The van der Waals surface area contributed by atoms with E-state index in [2.05, 4.69) is 47.6 Å². The van der Waals surface area contributed by atoms with E-state index >= 15 is 0 Å². The van der Waals surface area contributed by atoms with Crippen LogP contribution >= 0.6 is 0 Å². The molecule has 1 aromatic carbocycles. The summed E-state index contributed by atoms with van der Waals surface area (Å²) in [7, 11) is 0. The van der Waals surface area contributed by atoms with Gasteiger partial charge < -0.3 is 15.5 Å². The van der Waals surface area contributed by atoms with Crippen LogP contribution in [0, 0.1) is 5.92 Å². The molecule has 2 N–H and O–H groups in total. The lowest BCUT2D eigenvalue weighted by Gasteiger charge is -2.34. The van der Waals surface area contributed by atoms with Crippen molar-refractivity contribution in [1.29, 1.82) is 0 Å². The topological polar surface area (TPSA) is 81.8 Å². The number of rotatable bonds is 6. The predicted molar refractivity (Wildman–Crippen MR) is 115 cm³/mol. The minimum atomic E-state index is -0.794. The van der Waals surface area contributed by atoms with Gasteiger partial charge in [-0.1, -0.05) is 31.5 Å². The maximum absolute atomic E-state index is 12.9. The summed E-state index contributed by atoms with van der Waals surface area (Å²) in [5.41, 5.74) is 1.76. The molecule has 4 amide bonds. The summed E-state index contributed by atoms with van der Waals surface area (Å²) >= 11 is 0. The van der Waals surface area contributed by atoms with Crippen molar-refractivity contribution in [2.75, 3.05) is 24.5 Å². The number of imide groups is 1. The van der Waals surface area contributed by atoms with E-state index in [-0.39, 0.29) is 18.4 Å². The summed E-state index contributed by atoms with van der Waals surface area (Å²) in [4.78, 5) is 41.2. The monoisotopic (exact) mass is 412 g/mol. The maximum atomic E-state index is 12.9. The average Bonchev–Trinajstić information content (AvgIpc) is 3.17. The number of fused-ring (bicyclic) bond motifs is 1. The molecule has 30 heavy (non-hydrogen) atoms. The van der Waals surface area contributed by atoms with E-state index in [9.17, 15) is 14.4 Å². The highest BCUT2D eigenvalue weighted by atomic mass is 16.2. The number of hydrogen-bond donors (Lipinski definition) is 2. The second kappa shape index (κ2) is 8.28. The number of anilines is 1. The zero-order chi connectivity index (χ0) is 21.3. The van der Waals surface area contributed by atoms with Crippen molar-refractivity contribution in [2.45, 2.75) is 64.0 Å². The normalized spacial score (nSPS) is 28.1. The smallest absolute Gasteiger partial charge is 0.325 e. The first-order valence-corrected chi connectivity index (χ1v) is 11.2. The molecule has 0 radical (unpaired) electrons. The second-order valence-corrected chi connectivity index (χ2v) is 8.98. The largest absolute Gasteiger partial charge is 0.367 e. The van der Waals surface area contributed by atoms with Crippen LogP contribution in [0.2, 0.25) is 0 Å². The van der Waals surface area contributed by atoms with Crippen LogP contribution in [0.4, 0.5) is 10.5 Å². The van der Waals surface area contributed by atoms with Crippen molar-refractivity contribution < 1.29 is 14.4 Å². The average molecular weight is 413 g/mol. The first-order valence-electron chi connectivity index (χ1n) is 11.2. The molecular formula is C23H32N4O3. The van der Waals surface area contributed by atoms with Gasteiger partial charge in [0.25, 0.3) is 5.91 Å². The third-order valence-corrected chi connectivity index (χ3v) is 7.11. The number of carbonyl (C=O) groups is 3. The molecule has 1 aromatic rings. The predicted octanol–water partition coefficient (Wildman–Crippen LogP) is 2.44. The molecule has 1 saturated heterocycles. The van der Waals surface area contributed by atoms with Crippen LogP contribution in [-0.2, 0) is 16.0 Å². The van der Waals surface area contributed by atoms with Gasteiger partial charge in [0.05, 0.1) is 0 Å². The summed E-state index contributed by atoms with van der Waals surface area (Å²) in [5.74, 6) is 0.0908. The van der Waals surface area contributed by atoms with E-state index in [0.717, 1.165) is 30.6 Å². The van der Waals surface area contributed by atoms with Crippen molar-refractivity contribution >= 4 is 23.5 Å². The molecule has 2 fully saturated rings. The quantitative estimate of drug-likeness (QED) is 0.703. The summed E-state index contributed by atoms with van der Waals surface area (Å²) in [5, 5.41) is 5.77. The van der Waals surface area contributed by atoms with Gasteiger partial charge in [0.2, 0.25) is 5.91 Å². The fourth-order valence-electron chi connectivity index (χ4n) is 5.22. The third-order valence-electron chi connectivity index (χ3n) is 7.11. The minimum Gasteiger partial charge on any atom is -0.367 e. The lowest BCUT2D eigenvalue weighted by Crippen LogP contribution is -2.50. The Bertz CT molecular complexity index is 831. The van der Waals surface area contributed by atoms with Crippen LogP contribution in [0.25, 0.3) is 0 Å². The number of benzene rings is 1. The molecule has 0 bridgehead atoms. The first-order chi connectivity index (χ1) is 14.4. The van der Waals surface area contributed by atoms with Crippen molar-refractivity contribution in [3.63, 3.8) is 0 Å². The molecule has 1 unspecified atom stereocenters. The fourth-order valence-corrected chi connectivity index (χ4v) is 5.22. The SMILES string of the molecule is CCC1CCC2(CC1)NC(=O)N(CC(=O)NCCN1c3ccccc3CC1C)C2=O. The molecule has 7 heteroatoms. The van der Waals surface area contributed by atoms with Crippen molar-refractivity contribution in [2.24, 2.45) is 5.92 Å². The molecule has 0 aromatic heterocycles. The highest BCUT2D eigenvalue weighted by Gasteiger charge is 2.52. The molecule has 162 valence electrons. The third kappa shape index (κ3) is 3.77. The highest BCUT2D eigenvalue weighted by molar-refractivity contribution is 6.09. The van der Waals surface area contributed by atoms with E-state index in [0.29, 0.717) is 37.9 Å². The Balaban J connectivity index is 1.28. The van der Waals surface area contributed by atoms with Gasteiger partial charge in [-0.05, 0) is 56.6 Å². The number of urea groups is 1. The van der Waals surface area contributed by atoms with Gasteiger partial charge in [0.15, 0.2) is 0 Å². The van der Waals surface area contributed by atoms with E-state index in [1.54, 1.807) is 0 Å². The number of para-hydroxylation sites is 1. The first kappa shape index (κ1) is 20.7. The van der Waals surface area contributed by atoms with Crippen molar-refractivity contribution in [1.82, 2.24) is 15.5 Å². The van der Waals surface area contributed by atoms with Gasteiger partial charge >= 0.3 is 6.03 Å². The van der Waals surface area contributed by atoms with E-state index in [1.807, 2.05) is 6.07 Å². The van der Waals surface area contributed by atoms with E-state index < -0.39 is 11.6 Å². The van der Waals surface area contributed by atoms with Crippen LogP contribution in [0.1, 0.15) is 51.5 Å². The Morgan fingerprint density at radius 1 is 1.23 bits per heavy atom. The molecule has 1 spiro atoms. The van der Waals surface area contributed by atoms with Crippen LogP contribution in [0.3, 0.4) is 0 Å². The number of nitrogens with zero attached hydrogens (tertiary/aromatic N) is 2. The maximum Gasteiger partial charge on any atom is 0.325 e. The lowest BCUT2D eigenvalue weighted by molar-refractivity contribution is -0.136. The molecule has 1 atom stereocenters. The zero-order valence-corrected chi connectivity index (χ0v) is 17.9. The van der Waals surface area contributed by atoms with Crippen LogP contribution in [0.15, 0.2) is 24.3 Å². The molecule has 7 nitrogen and oxygen atoms in total. The Hall–Kier alpha value is -2.57. The van der Waals surface area contributed by atoms with Gasteiger partial charge in [-0.15, -0.1) is 0 Å². The molecule has 4 rings (SSSR count). The Morgan fingerprint density at radius 2 is 1.97 bits per heavy atom. The van der Waals surface area contributed by atoms with Crippen LogP contribution in [0.5, 0.6) is 0 Å². The lowest BCUT2D eigenvalue weighted by atomic mass is 9.75. The zero-order valence-electron chi connectivity index (χ0n) is 17.9. The number of nitrogens with one attached hydrogen (secondary N) is 2. The number of hydrogen-bond acceptors (Lipinski definition) is 4.